The van der Waals surface area contributed by atoms with Gasteiger partial charge < -0.3 is 4.74 Å². The lowest BCUT2D eigenvalue weighted by molar-refractivity contribution is -0.143. The number of hydrogen-bond acceptors (Lipinski definition) is 4. The zero-order chi connectivity index (χ0) is 13.7. The summed E-state index contributed by atoms with van der Waals surface area (Å²) in [5.74, 6) is 1.40. The Morgan fingerprint density at radius 2 is 2.16 bits per heavy atom. The van der Waals surface area contributed by atoms with E-state index in [9.17, 15) is 4.79 Å². The second-order valence-electron chi connectivity index (χ2n) is 4.43. The number of carbonyl (C=O) groups excluding carboxylic acids is 1. The number of carbonyl (C=O) groups is 1. The molecule has 0 radical (unpaired) electrons. The summed E-state index contributed by atoms with van der Waals surface area (Å²) in [6, 6.07) is 10.2. The summed E-state index contributed by atoms with van der Waals surface area (Å²) in [6.45, 7) is 1.89. The van der Waals surface area contributed by atoms with Crippen molar-refractivity contribution in [2.24, 2.45) is 5.92 Å². The quantitative estimate of drug-likeness (QED) is 0.785. The Balaban J connectivity index is 2.00. The summed E-state index contributed by atoms with van der Waals surface area (Å²) in [6.07, 6.45) is 1.81. The molecule has 0 amide bonds. The maximum Gasteiger partial charge on any atom is 0.309 e. The van der Waals surface area contributed by atoms with Crippen LogP contribution in [0.5, 0.6) is 0 Å². The van der Waals surface area contributed by atoms with Crippen LogP contribution in [-0.4, -0.2) is 23.8 Å². The average Bonchev–Trinajstić information content (AvgIpc) is 2.46. The van der Waals surface area contributed by atoms with Gasteiger partial charge >= 0.3 is 5.97 Å². The molecule has 0 bridgehead atoms. The van der Waals surface area contributed by atoms with Crippen LogP contribution in [-0.2, 0) is 15.3 Å². The van der Waals surface area contributed by atoms with Crippen LogP contribution >= 0.6 is 11.8 Å². The molecule has 100 valence electrons. The van der Waals surface area contributed by atoms with Crippen LogP contribution in [0, 0.1) is 5.92 Å². The number of rotatable bonds is 5. The summed E-state index contributed by atoms with van der Waals surface area (Å²) in [4.78, 5) is 15.7. The monoisotopic (exact) mass is 275 g/mol. The molecule has 4 heteroatoms. The van der Waals surface area contributed by atoms with Crippen molar-refractivity contribution in [3.8, 4) is 0 Å². The summed E-state index contributed by atoms with van der Waals surface area (Å²) in [7, 11) is 1.43. The molecule has 0 saturated carbocycles. The molecule has 0 aliphatic carbocycles. The lowest BCUT2D eigenvalue weighted by Crippen LogP contribution is -2.14. The van der Waals surface area contributed by atoms with Crippen molar-refractivity contribution in [2.45, 2.75) is 12.7 Å². The molecule has 1 unspecified atom stereocenters. The van der Waals surface area contributed by atoms with E-state index in [-0.39, 0.29) is 11.9 Å². The molecule has 0 aliphatic rings. The fourth-order valence-corrected chi connectivity index (χ4v) is 2.96. The first kappa shape index (κ1) is 13.9. The second-order valence-corrected chi connectivity index (χ2v) is 5.46. The van der Waals surface area contributed by atoms with Crippen molar-refractivity contribution in [2.75, 3.05) is 12.9 Å². The van der Waals surface area contributed by atoms with E-state index in [0.717, 1.165) is 22.4 Å². The molecular formula is C15H17NO2S. The maximum atomic E-state index is 11.3. The summed E-state index contributed by atoms with van der Waals surface area (Å²) >= 11 is 1.73. The number of para-hydroxylation sites is 1. The molecule has 2 aromatic rings. The Morgan fingerprint density at radius 3 is 2.95 bits per heavy atom. The van der Waals surface area contributed by atoms with Gasteiger partial charge in [-0.05, 0) is 11.6 Å². The second kappa shape index (κ2) is 6.57. The number of esters is 1. The average molecular weight is 275 g/mol. The zero-order valence-corrected chi connectivity index (χ0v) is 11.9. The predicted molar refractivity (Wildman–Crippen MR) is 79.1 cm³/mol. The molecule has 1 atom stereocenters. The fraction of sp³-hybridized carbons (Fsp3) is 0.333. The molecule has 0 saturated heterocycles. The third-order valence-electron chi connectivity index (χ3n) is 2.95. The summed E-state index contributed by atoms with van der Waals surface area (Å²) < 4.78 is 4.72. The molecule has 2 rings (SSSR count). The number of aromatic nitrogens is 1. The van der Waals surface area contributed by atoms with Crippen LogP contribution < -0.4 is 0 Å². The van der Waals surface area contributed by atoms with Gasteiger partial charge in [-0.3, -0.25) is 9.78 Å². The predicted octanol–water partition coefficient (Wildman–Crippen LogP) is 3.28. The number of thioether (sulfide) groups is 1. The number of pyridine rings is 1. The van der Waals surface area contributed by atoms with Crippen LogP contribution in [0.4, 0.5) is 0 Å². The van der Waals surface area contributed by atoms with Gasteiger partial charge in [-0.1, -0.05) is 31.2 Å². The first-order chi connectivity index (χ1) is 9.22. The van der Waals surface area contributed by atoms with Crippen molar-refractivity contribution in [3.05, 3.63) is 42.1 Å². The van der Waals surface area contributed by atoms with E-state index >= 15 is 0 Å². The minimum atomic E-state index is -0.149. The molecule has 3 nitrogen and oxygen atoms in total. The molecule has 0 aliphatic heterocycles. The number of methoxy groups -OCH3 is 1. The minimum Gasteiger partial charge on any atom is -0.469 e. The molecule has 1 heterocycles. The highest BCUT2D eigenvalue weighted by molar-refractivity contribution is 7.98. The van der Waals surface area contributed by atoms with E-state index < -0.39 is 0 Å². The van der Waals surface area contributed by atoms with Gasteiger partial charge in [-0.25, -0.2) is 0 Å². The largest absolute Gasteiger partial charge is 0.469 e. The molecule has 0 fully saturated rings. The topological polar surface area (TPSA) is 39.2 Å². The zero-order valence-electron chi connectivity index (χ0n) is 11.1. The standard InChI is InChI=1S/C15H17NO2S/c1-11(15(17)18-2)9-19-10-13-6-3-5-12-7-4-8-16-14(12)13/h3-8,11H,9-10H2,1-2H3. The highest BCUT2D eigenvalue weighted by Crippen LogP contribution is 2.22. The van der Waals surface area contributed by atoms with Crippen molar-refractivity contribution in [1.29, 1.82) is 0 Å². The Labute approximate surface area is 117 Å². The lowest BCUT2D eigenvalue weighted by Gasteiger charge is -2.09. The smallest absolute Gasteiger partial charge is 0.309 e. The van der Waals surface area contributed by atoms with Gasteiger partial charge in [0, 0.05) is 23.1 Å². The van der Waals surface area contributed by atoms with Crippen molar-refractivity contribution < 1.29 is 9.53 Å². The van der Waals surface area contributed by atoms with Crippen LogP contribution in [0.3, 0.4) is 0 Å². The third kappa shape index (κ3) is 3.47. The summed E-state index contributed by atoms with van der Waals surface area (Å²) in [5, 5.41) is 1.15. The lowest BCUT2D eigenvalue weighted by atomic mass is 10.1. The Bertz CT molecular complexity index is 566. The van der Waals surface area contributed by atoms with Crippen molar-refractivity contribution >= 4 is 28.6 Å². The van der Waals surface area contributed by atoms with Gasteiger partial charge in [-0.15, -0.1) is 0 Å². The van der Waals surface area contributed by atoms with Gasteiger partial charge in [0.25, 0.3) is 0 Å². The van der Waals surface area contributed by atoms with Gasteiger partial charge in [0.2, 0.25) is 0 Å². The molecular weight excluding hydrogens is 258 g/mol. The number of ether oxygens (including phenoxy) is 1. The molecule has 0 N–H and O–H groups in total. The van der Waals surface area contributed by atoms with Gasteiger partial charge in [0.15, 0.2) is 0 Å². The highest BCUT2D eigenvalue weighted by Gasteiger charge is 2.13. The number of hydrogen-bond donors (Lipinski definition) is 0. The molecule has 0 spiro atoms. The van der Waals surface area contributed by atoms with Crippen LogP contribution in [0.15, 0.2) is 36.5 Å². The van der Waals surface area contributed by atoms with E-state index in [1.807, 2.05) is 25.3 Å². The highest BCUT2D eigenvalue weighted by atomic mass is 32.2. The third-order valence-corrected chi connectivity index (χ3v) is 4.20. The normalized spacial score (nSPS) is 12.3. The van der Waals surface area contributed by atoms with Crippen LogP contribution in [0.25, 0.3) is 10.9 Å². The Hall–Kier alpha value is -1.55. The number of nitrogens with zero attached hydrogens (tertiary/aromatic N) is 1. The molecule has 1 aromatic carbocycles. The minimum absolute atomic E-state index is 0.0714. The van der Waals surface area contributed by atoms with Crippen LogP contribution in [0.2, 0.25) is 0 Å². The SMILES string of the molecule is COC(=O)C(C)CSCc1cccc2cccnc12. The van der Waals surface area contributed by atoms with E-state index in [1.165, 1.54) is 12.7 Å². The van der Waals surface area contributed by atoms with Gasteiger partial charge in [-0.2, -0.15) is 11.8 Å². The van der Waals surface area contributed by atoms with E-state index in [2.05, 4.69) is 23.2 Å². The van der Waals surface area contributed by atoms with Crippen molar-refractivity contribution in [1.82, 2.24) is 4.98 Å². The van der Waals surface area contributed by atoms with Crippen LogP contribution in [0.1, 0.15) is 12.5 Å². The van der Waals surface area contributed by atoms with Gasteiger partial charge in [0.05, 0.1) is 18.5 Å². The van der Waals surface area contributed by atoms with Gasteiger partial charge in [0.1, 0.15) is 0 Å². The van der Waals surface area contributed by atoms with Crippen molar-refractivity contribution in [3.63, 3.8) is 0 Å². The first-order valence-corrected chi connectivity index (χ1v) is 7.36. The Kier molecular flexibility index (Phi) is 4.80. The Morgan fingerprint density at radius 1 is 1.37 bits per heavy atom. The first-order valence-electron chi connectivity index (χ1n) is 6.20. The number of benzene rings is 1. The maximum absolute atomic E-state index is 11.3. The van der Waals surface area contributed by atoms with E-state index in [1.54, 1.807) is 11.8 Å². The molecule has 19 heavy (non-hydrogen) atoms. The van der Waals surface area contributed by atoms with E-state index in [0.29, 0.717) is 0 Å². The fourth-order valence-electron chi connectivity index (χ4n) is 1.90. The number of fused-ring (bicyclic) bond motifs is 1. The van der Waals surface area contributed by atoms with E-state index in [4.69, 9.17) is 4.74 Å². The summed E-state index contributed by atoms with van der Waals surface area (Å²) in [5.41, 5.74) is 2.25. The molecule has 1 aromatic heterocycles.